The number of carbonyl (C=O) groups is 1. The quantitative estimate of drug-likeness (QED) is 0.756. The highest BCUT2D eigenvalue weighted by Crippen LogP contribution is 2.18. The summed E-state index contributed by atoms with van der Waals surface area (Å²) in [4.78, 5) is 11.7. The van der Waals surface area contributed by atoms with Crippen LogP contribution in [-0.2, 0) is 0 Å². The van der Waals surface area contributed by atoms with Crippen molar-refractivity contribution in [3.8, 4) is 0 Å². The van der Waals surface area contributed by atoms with Crippen molar-refractivity contribution >= 4 is 6.03 Å². The number of aliphatic hydroxyl groups excluding tert-OH is 1. The van der Waals surface area contributed by atoms with Gasteiger partial charge in [0.15, 0.2) is 11.6 Å². The number of aliphatic hydroxyl groups is 1. The van der Waals surface area contributed by atoms with Gasteiger partial charge >= 0.3 is 6.03 Å². The molecule has 2 unspecified atom stereocenters. The number of halogens is 2. The molecule has 6 heteroatoms. The second-order valence-electron chi connectivity index (χ2n) is 5.37. The fourth-order valence-electron chi connectivity index (χ4n) is 1.85. The standard InChI is InChI=1S/C15H22F2N2O2/c1-9(2)13(20)7-8-18-15(21)19-10(3)11-5-4-6-12(16)14(11)17/h4-6,9-10,13,20H,7-8H2,1-3H3,(H2,18,19,21). The largest absolute Gasteiger partial charge is 0.393 e. The molecule has 0 bridgehead atoms. The maximum atomic E-state index is 13.6. The van der Waals surface area contributed by atoms with Crippen LogP contribution in [0.25, 0.3) is 0 Å². The van der Waals surface area contributed by atoms with Crippen LogP contribution >= 0.6 is 0 Å². The van der Waals surface area contributed by atoms with E-state index >= 15 is 0 Å². The molecule has 4 nitrogen and oxygen atoms in total. The summed E-state index contributed by atoms with van der Waals surface area (Å²) in [5, 5.41) is 14.7. The Balaban J connectivity index is 2.46. The van der Waals surface area contributed by atoms with Gasteiger partial charge in [0.1, 0.15) is 0 Å². The summed E-state index contributed by atoms with van der Waals surface area (Å²) in [5.41, 5.74) is 0.0902. The Kier molecular flexibility index (Phi) is 6.55. The summed E-state index contributed by atoms with van der Waals surface area (Å²) >= 11 is 0. The summed E-state index contributed by atoms with van der Waals surface area (Å²) in [6.07, 6.45) is -0.0447. The lowest BCUT2D eigenvalue weighted by molar-refractivity contribution is 0.116. The van der Waals surface area contributed by atoms with Crippen molar-refractivity contribution in [3.63, 3.8) is 0 Å². The predicted octanol–water partition coefficient (Wildman–Crippen LogP) is 2.73. The molecule has 0 heterocycles. The Morgan fingerprint density at radius 2 is 1.95 bits per heavy atom. The number of hydrogen-bond acceptors (Lipinski definition) is 2. The molecule has 1 aromatic carbocycles. The minimum absolute atomic E-state index is 0.0902. The lowest BCUT2D eigenvalue weighted by Gasteiger charge is -2.17. The third-order valence-electron chi connectivity index (χ3n) is 3.29. The van der Waals surface area contributed by atoms with Gasteiger partial charge in [0.25, 0.3) is 0 Å². The fraction of sp³-hybridized carbons (Fsp3) is 0.533. The van der Waals surface area contributed by atoms with Gasteiger partial charge in [-0.3, -0.25) is 0 Å². The molecule has 2 atom stereocenters. The Morgan fingerprint density at radius 3 is 2.57 bits per heavy atom. The van der Waals surface area contributed by atoms with E-state index in [1.54, 1.807) is 6.92 Å². The van der Waals surface area contributed by atoms with Crippen molar-refractivity contribution in [1.82, 2.24) is 10.6 Å². The zero-order valence-electron chi connectivity index (χ0n) is 12.5. The van der Waals surface area contributed by atoms with Gasteiger partial charge in [0, 0.05) is 12.1 Å². The molecule has 0 saturated carbocycles. The first-order valence-corrected chi connectivity index (χ1v) is 6.99. The first-order valence-electron chi connectivity index (χ1n) is 6.99. The van der Waals surface area contributed by atoms with Crippen molar-refractivity contribution in [2.24, 2.45) is 5.92 Å². The van der Waals surface area contributed by atoms with Crippen molar-refractivity contribution in [3.05, 3.63) is 35.4 Å². The second-order valence-corrected chi connectivity index (χ2v) is 5.37. The number of hydrogen-bond donors (Lipinski definition) is 3. The predicted molar refractivity (Wildman–Crippen MR) is 76.8 cm³/mol. The molecule has 21 heavy (non-hydrogen) atoms. The number of nitrogens with one attached hydrogen (secondary N) is 2. The molecule has 0 spiro atoms. The molecular formula is C15H22F2N2O2. The van der Waals surface area contributed by atoms with Gasteiger partial charge in [-0.25, -0.2) is 13.6 Å². The van der Waals surface area contributed by atoms with Crippen LogP contribution in [0.2, 0.25) is 0 Å². The van der Waals surface area contributed by atoms with E-state index in [1.165, 1.54) is 12.1 Å². The third kappa shape index (κ3) is 5.30. The van der Waals surface area contributed by atoms with Gasteiger partial charge in [-0.05, 0) is 25.3 Å². The van der Waals surface area contributed by atoms with Crippen molar-refractivity contribution in [2.45, 2.75) is 39.3 Å². The van der Waals surface area contributed by atoms with Crippen molar-refractivity contribution < 1.29 is 18.7 Å². The molecular weight excluding hydrogens is 278 g/mol. The summed E-state index contributed by atoms with van der Waals surface area (Å²) in [7, 11) is 0. The average Bonchev–Trinajstić information content (AvgIpc) is 2.41. The Hall–Kier alpha value is -1.69. The molecule has 0 fully saturated rings. The van der Waals surface area contributed by atoms with Crippen LogP contribution in [0.3, 0.4) is 0 Å². The zero-order chi connectivity index (χ0) is 16.0. The molecule has 0 aliphatic carbocycles. The monoisotopic (exact) mass is 300 g/mol. The maximum absolute atomic E-state index is 13.6. The van der Waals surface area contributed by atoms with Gasteiger partial charge in [-0.2, -0.15) is 0 Å². The van der Waals surface area contributed by atoms with Crippen LogP contribution in [0.1, 0.15) is 38.8 Å². The molecule has 0 aliphatic heterocycles. The van der Waals surface area contributed by atoms with E-state index < -0.39 is 29.8 Å². The van der Waals surface area contributed by atoms with Crippen LogP contribution in [0, 0.1) is 17.6 Å². The van der Waals surface area contributed by atoms with Gasteiger partial charge in [-0.1, -0.05) is 26.0 Å². The molecule has 0 radical (unpaired) electrons. The van der Waals surface area contributed by atoms with E-state index in [1.807, 2.05) is 13.8 Å². The molecule has 3 N–H and O–H groups in total. The smallest absolute Gasteiger partial charge is 0.315 e. The Labute approximate surface area is 123 Å². The summed E-state index contributed by atoms with van der Waals surface area (Å²) in [6, 6.07) is 2.70. The SMILES string of the molecule is CC(NC(=O)NCCC(O)C(C)C)c1cccc(F)c1F. The second kappa shape index (κ2) is 7.93. The minimum Gasteiger partial charge on any atom is -0.393 e. The number of amides is 2. The number of carbonyl (C=O) groups excluding carboxylic acids is 1. The fourth-order valence-corrected chi connectivity index (χ4v) is 1.85. The summed E-state index contributed by atoms with van der Waals surface area (Å²) in [6.45, 7) is 5.66. The van der Waals surface area contributed by atoms with E-state index in [4.69, 9.17) is 0 Å². The van der Waals surface area contributed by atoms with Gasteiger partial charge < -0.3 is 15.7 Å². The molecule has 0 saturated heterocycles. The average molecular weight is 300 g/mol. The van der Waals surface area contributed by atoms with Crippen LogP contribution in [0.15, 0.2) is 18.2 Å². The van der Waals surface area contributed by atoms with E-state index in [9.17, 15) is 18.7 Å². The molecule has 0 aromatic heterocycles. The summed E-state index contributed by atoms with van der Waals surface area (Å²) < 4.78 is 26.7. The highest BCUT2D eigenvalue weighted by molar-refractivity contribution is 5.74. The van der Waals surface area contributed by atoms with Gasteiger partial charge in [0.2, 0.25) is 0 Å². The van der Waals surface area contributed by atoms with E-state index in [2.05, 4.69) is 10.6 Å². The molecule has 1 aromatic rings. The first-order chi connectivity index (χ1) is 9.82. The van der Waals surface area contributed by atoms with E-state index in [0.717, 1.165) is 6.07 Å². The minimum atomic E-state index is -0.958. The van der Waals surface area contributed by atoms with Crippen LogP contribution in [-0.4, -0.2) is 23.8 Å². The van der Waals surface area contributed by atoms with Gasteiger partial charge in [0.05, 0.1) is 12.1 Å². The number of urea groups is 1. The first kappa shape index (κ1) is 17.4. The molecule has 1 rings (SSSR count). The normalized spacial score (nSPS) is 13.9. The van der Waals surface area contributed by atoms with Crippen molar-refractivity contribution in [2.75, 3.05) is 6.54 Å². The van der Waals surface area contributed by atoms with E-state index in [0.29, 0.717) is 13.0 Å². The van der Waals surface area contributed by atoms with Crippen LogP contribution < -0.4 is 10.6 Å². The van der Waals surface area contributed by atoms with Crippen LogP contribution in [0.5, 0.6) is 0 Å². The lowest BCUT2D eigenvalue weighted by Crippen LogP contribution is -2.38. The topological polar surface area (TPSA) is 61.4 Å². The van der Waals surface area contributed by atoms with Crippen molar-refractivity contribution in [1.29, 1.82) is 0 Å². The highest BCUT2D eigenvalue weighted by Gasteiger charge is 2.16. The maximum Gasteiger partial charge on any atom is 0.315 e. The lowest BCUT2D eigenvalue weighted by atomic mass is 10.0. The molecule has 0 aliphatic rings. The molecule has 118 valence electrons. The van der Waals surface area contributed by atoms with Gasteiger partial charge in [-0.15, -0.1) is 0 Å². The number of rotatable bonds is 6. The molecule has 2 amide bonds. The van der Waals surface area contributed by atoms with Crippen LogP contribution in [0.4, 0.5) is 13.6 Å². The summed E-state index contributed by atoms with van der Waals surface area (Å²) in [5.74, 6) is -1.78. The Morgan fingerprint density at radius 1 is 1.29 bits per heavy atom. The number of benzene rings is 1. The van der Waals surface area contributed by atoms with E-state index in [-0.39, 0.29) is 11.5 Å². The third-order valence-corrected chi connectivity index (χ3v) is 3.29. The Bertz CT molecular complexity index is 481. The highest BCUT2D eigenvalue weighted by atomic mass is 19.2. The zero-order valence-corrected chi connectivity index (χ0v) is 12.5.